The summed E-state index contributed by atoms with van der Waals surface area (Å²) in [4.78, 5) is 35.1. The van der Waals surface area contributed by atoms with Crippen LogP contribution >= 0.6 is 23.4 Å². The summed E-state index contributed by atoms with van der Waals surface area (Å²) >= 11 is 7.64. The zero-order valence-electron chi connectivity index (χ0n) is 16.8. The summed E-state index contributed by atoms with van der Waals surface area (Å²) < 4.78 is 1.64. The van der Waals surface area contributed by atoms with Gasteiger partial charge in [-0.3, -0.25) is 9.59 Å². The standard InChI is InChI=1S/C19H21ClN6O2S/c1-10-13(11(2)26-18(21-10)23-19(24-26)29-5)9-16(27)22-15-8-12(6-7-14(15)20)17(28)25(3)4/h6-8H,9H2,1-5H3,(H,22,27). The molecule has 1 aromatic carbocycles. The Kier molecular flexibility index (Phi) is 6.09. The summed E-state index contributed by atoms with van der Waals surface area (Å²) in [5.74, 6) is 0.0691. The monoisotopic (exact) mass is 432 g/mol. The molecule has 1 N–H and O–H groups in total. The summed E-state index contributed by atoms with van der Waals surface area (Å²) in [7, 11) is 3.33. The molecule has 2 aromatic heterocycles. The quantitative estimate of drug-likeness (QED) is 0.623. The Morgan fingerprint density at radius 3 is 2.62 bits per heavy atom. The van der Waals surface area contributed by atoms with Crippen molar-refractivity contribution >= 4 is 46.6 Å². The molecule has 0 saturated heterocycles. The van der Waals surface area contributed by atoms with E-state index in [-0.39, 0.29) is 18.2 Å². The lowest BCUT2D eigenvalue weighted by atomic mass is 10.1. The van der Waals surface area contributed by atoms with Crippen LogP contribution in [0.25, 0.3) is 5.78 Å². The highest BCUT2D eigenvalue weighted by Gasteiger charge is 2.17. The Bertz CT molecular complexity index is 1110. The highest BCUT2D eigenvalue weighted by atomic mass is 35.5. The second kappa shape index (κ2) is 8.38. The number of rotatable bonds is 5. The highest BCUT2D eigenvalue weighted by Crippen LogP contribution is 2.24. The molecular weight excluding hydrogens is 412 g/mol. The Hall–Kier alpha value is -2.65. The molecule has 0 radical (unpaired) electrons. The molecule has 0 fully saturated rings. The van der Waals surface area contributed by atoms with E-state index in [1.807, 2.05) is 20.1 Å². The zero-order chi connectivity index (χ0) is 21.3. The van der Waals surface area contributed by atoms with Crippen molar-refractivity contribution < 1.29 is 9.59 Å². The number of nitrogens with zero attached hydrogens (tertiary/aromatic N) is 5. The van der Waals surface area contributed by atoms with Gasteiger partial charge in [0.05, 0.1) is 17.1 Å². The number of aryl methyl sites for hydroxylation is 2. The smallest absolute Gasteiger partial charge is 0.253 e. The molecule has 0 aliphatic heterocycles. The maximum Gasteiger partial charge on any atom is 0.253 e. The Morgan fingerprint density at radius 1 is 1.24 bits per heavy atom. The van der Waals surface area contributed by atoms with Crippen LogP contribution in [0.5, 0.6) is 0 Å². The number of anilines is 1. The number of aromatic nitrogens is 4. The summed E-state index contributed by atoms with van der Waals surface area (Å²) in [5.41, 5.74) is 3.12. The van der Waals surface area contributed by atoms with E-state index in [1.54, 1.807) is 36.8 Å². The molecule has 2 heterocycles. The first-order chi connectivity index (χ1) is 13.7. The molecule has 3 aromatic rings. The van der Waals surface area contributed by atoms with Gasteiger partial charge in [0.2, 0.25) is 11.1 Å². The molecule has 152 valence electrons. The van der Waals surface area contributed by atoms with Gasteiger partial charge in [0, 0.05) is 36.6 Å². The fraction of sp³-hybridized carbons (Fsp3) is 0.316. The van der Waals surface area contributed by atoms with E-state index in [9.17, 15) is 9.59 Å². The third-order valence-electron chi connectivity index (χ3n) is 4.44. The lowest BCUT2D eigenvalue weighted by molar-refractivity contribution is -0.115. The lowest BCUT2D eigenvalue weighted by Gasteiger charge is -2.14. The van der Waals surface area contributed by atoms with Crippen LogP contribution in [-0.4, -0.2) is 56.6 Å². The highest BCUT2D eigenvalue weighted by molar-refractivity contribution is 7.98. The number of carbonyl (C=O) groups is 2. The van der Waals surface area contributed by atoms with E-state index in [1.165, 1.54) is 16.7 Å². The summed E-state index contributed by atoms with van der Waals surface area (Å²) in [6.07, 6.45) is 1.99. The van der Waals surface area contributed by atoms with Gasteiger partial charge in [-0.25, -0.2) is 9.50 Å². The number of halogens is 1. The van der Waals surface area contributed by atoms with Crippen LogP contribution in [0.3, 0.4) is 0 Å². The van der Waals surface area contributed by atoms with Crippen LogP contribution in [0, 0.1) is 13.8 Å². The van der Waals surface area contributed by atoms with E-state index in [2.05, 4.69) is 20.4 Å². The van der Waals surface area contributed by atoms with Crippen LogP contribution in [-0.2, 0) is 11.2 Å². The van der Waals surface area contributed by atoms with Crippen LogP contribution in [0.4, 0.5) is 5.69 Å². The van der Waals surface area contributed by atoms with Gasteiger partial charge in [-0.2, -0.15) is 4.98 Å². The number of fused-ring (bicyclic) bond motifs is 1. The fourth-order valence-corrected chi connectivity index (χ4v) is 3.40. The first kappa shape index (κ1) is 21.1. The average Bonchev–Trinajstić information content (AvgIpc) is 3.09. The second-order valence-electron chi connectivity index (χ2n) is 6.69. The maximum atomic E-state index is 12.7. The minimum absolute atomic E-state index is 0.0945. The van der Waals surface area contributed by atoms with Gasteiger partial charge >= 0.3 is 0 Å². The van der Waals surface area contributed by atoms with Gasteiger partial charge in [0.1, 0.15) is 0 Å². The van der Waals surface area contributed by atoms with Crippen molar-refractivity contribution in [1.82, 2.24) is 24.5 Å². The van der Waals surface area contributed by atoms with Gasteiger partial charge in [-0.1, -0.05) is 23.4 Å². The molecular formula is C19H21ClN6O2S. The molecule has 10 heteroatoms. The van der Waals surface area contributed by atoms with Crippen LogP contribution in [0.15, 0.2) is 23.4 Å². The van der Waals surface area contributed by atoms with Gasteiger partial charge in [0.25, 0.3) is 11.7 Å². The van der Waals surface area contributed by atoms with E-state index in [0.29, 0.717) is 32.9 Å². The normalized spacial score (nSPS) is 11.0. The zero-order valence-corrected chi connectivity index (χ0v) is 18.4. The molecule has 2 amide bonds. The molecule has 0 saturated carbocycles. The van der Waals surface area contributed by atoms with Gasteiger partial charge in [-0.05, 0) is 38.3 Å². The largest absolute Gasteiger partial charge is 0.345 e. The van der Waals surface area contributed by atoms with Crippen LogP contribution in [0.1, 0.15) is 27.3 Å². The third kappa shape index (κ3) is 4.35. The Morgan fingerprint density at radius 2 is 1.97 bits per heavy atom. The SMILES string of the molecule is CSc1nc2nc(C)c(CC(=O)Nc3cc(C(=O)N(C)C)ccc3Cl)c(C)n2n1. The van der Waals surface area contributed by atoms with Crippen molar-refractivity contribution in [2.45, 2.75) is 25.4 Å². The van der Waals surface area contributed by atoms with Crippen LogP contribution in [0.2, 0.25) is 5.02 Å². The van der Waals surface area contributed by atoms with E-state index >= 15 is 0 Å². The molecule has 29 heavy (non-hydrogen) atoms. The number of carbonyl (C=O) groups excluding carboxylic acids is 2. The molecule has 0 aliphatic rings. The maximum absolute atomic E-state index is 12.7. The van der Waals surface area contributed by atoms with Crippen molar-refractivity contribution in [2.24, 2.45) is 0 Å². The number of nitrogens with one attached hydrogen (secondary N) is 1. The van der Waals surface area contributed by atoms with E-state index in [0.717, 1.165) is 11.3 Å². The van der Waals surface area contributed by atoms with Crippen molar-refractivity contribution in [1.29, 1.82) is 0 Å². The predicted octanol–water partition coefficient (Wildman–Crippen LogP) is 3.00. The second-order valence-corrected chi connectivity index (χ2v) is 7.87. The van der Waals surface area contributed by atoms with Gasteiger partial charge < -0.3 is 10.2 Å². The number of hydrogen-bond acceptors (Lipinski definition) is 6. The first-order valence-corrected chi connectivity index (χ1v) is 10.4. The Labute approximate surface area is 177 Å². The average molecular weight is 433 g/mol. The van der Waals surface area contributed by atoms with Crippen molar-refractivity contribution in [3.8, 4) is 0 Å². The Balaban J connectivity index is 1.86. The molecule has 3 rings (SSSR count). The third-order valence-corrected chi connectivity index (χ3v) is 5.31. The van der Waals surface area contributed by atoms with E-state index < -0.39 is 0 Å². The number of hydrogen-bond donors (Lipinski definition) is 1. The molecule has 0 atom stereocenters. The van der Waals surface area contributed by atoms with Crippen molar-refractivity contribution in [2.75, 3.05) is 25.7 Å². The molecule has 0 spiro atoms. The summed E-state index contributed by atoms with van der Waals surface area (Å²) in [6, 6.07) is 4.80. The van der Waals surface area contributed by atoms with Gasteiger partial charge in [-0.15, -0.1) is 5.10 Å². The molecule has 0 bridgehead atoms. The van der Waals surface area contributed by atoms with Crippen molar-refractivity contribution in [3.05, 3.63) is 45.7 Å². The van der Waals surface area contributed by atoms with E-state index in [4.69, 9.17) is 11.6 Å². The number of amides is 2. The number of thioether (sulfide) groups is 1. The molecule has 0 unspecified atom stereocenters. The fourth-order valence-electron chi connectivity index (χ4n) is 2.90. The topological polar surface area (TPSA) is 92.5 Å². The summed E-state index contributed by atoms with van der Waals surface area (Å²) in [6.45, 7) is 3.72. The first-order valence-electron chi connectivity index (χ1n) is 8.79. The minimum atomic E-state index is -0.265. The number of benzene rings is 1. The summed E-state index contributed by atoms with van der Waals surface area (Å²) in [5, 5.41) is 8.17. The molecule has 0 aliphatic carbocycles. The predicted molar refractivity (Wildman–Crippen MR) is 114 cm³/mol. The van der Waals surface area contributed by atoms with Gasteiger partial charge in [0.15, 0.2) is 0 Å². The lowest BCUT2D eigenvalue weighted by Crippen LogP contribution is -2.22. The minimum Gasteiger partial charge on any atom is -0.345 e. The van der Waals surface area contributed by atoms with Crippen LogP contribution < -0.4 is 5.32 Å². The van der Waals surface area contributed by atoms with Crippen molar-refractivity contribution in [3.63, 3.8) is 0 Å². The molecule has 8 nitrogen and oxygen atoms in total.